The number of aliphatic hydroxyl groups excluding tert-OH is 2. The number of aliphatic hydroxyl groups is 2. The van der Waals surface area contributed by atoms with Gasteiger partial charge in [0.1, 0.15) is 6.10 Å². The van der Waals surface area contributed by atoms with E-state index in [9.17, 15) is 15.0 Å². The van der Waals surface area contributed by atoms with Crippen molar-refractivity contribution in [2.24, 2.45) is 35.0 Å². The number of ketones is 1. The molecule has 3 heteroatoms. The van der Waals surface area contributed by atoms with Crippen LogP contribution in [-0.2, 0) is 4.79 Å². The van der Waals surface area contributed by atoms with Crippen molar-refractivity contribution in [3.8, 4) is 0 Å². The number of Topliss-reactive ketones (excluding diaryl/α,β-unsaturated/α-hetero) is 1. The van der Waals surface area contributed by atoms with Crippen LogP contribution in [0, 0.1) is 35.0 Å². The lowest BCUT2D eigenvalue weighted by atomic mass is 9.50. The predicted molar refractivity (Wildman–Crippen MR) is 79.5 cm³/mol. The largest absolute Gasteiger partial charge is 0.393 e. The highest BCUT2D eigenvalue weighted by atomic mass is 16.3. The Balaban J connectivity index is 1.59. The fraction of sp³-hybridized carbons (Fsp3) is 0.944. The van der Waals surface area contributed by atoms with E-state index < -0.39 is 6.10 Å². The molecule has 4 rings (SSSR count). The number of hydrogen-bond acceptors (Lipinski definition) is 3. The van der Waals surface area contributed by atoms with Gasteiger partial charge < -0.3 is 10.2 Å². The van der Waals surface area contributed by atoms with Gasteiger partial charge in [0.2, 0.25) is 0 Å². The van der Waals surface area contributed by atoms with Gasteiger partial charge in [0, 0.05) is 5.41 Å². The Bertz CT molecular complexity index is 448. The van der Waals surface area contributed by atoms with Crippen molar-refractivity contribution in [1.82, 2.24) is 0 Å². The van der Waals surface area contributed by atoms with Crippen LogP contribution in [0.4, 0.5) is 0 Å². The molecule has 4 fully saturated rings. The van der Waals surface area contributed by atoms with Crippen LogP contribution >= 0.6 is 0 Å². The number of carbonyl (C=O) groups excluding carboxylic acids is 1. The molecule has 0 aromatic carbocycles. The molecule has 4 saturated carbocycles. The summed E-state index contributed by atoms with van der Waals surface area (Å²) >= 11 is 0. The summed E-state index contributed by atoms with van der Waals surface area (Å²) in [7, 11) is 0. The van der Waals surface area contributed by atoms with Crippen LogP contribution in [0.1, 0.15) is 58.3 Å². The smallest absolute Gasteiger partial charge is 0.167 e. The van der Waals surface area contributed by atoms with E-state index in [0.717, 1.165) is 37.5 Å². The van der Waals surface area contributed by atoms with Gasteiger partial charge in [0.25, 0.3) is 0 Å². The van der Waals surface area contributed by atoms with E-state index in [1.54, 1.807) is 0 Å². The molecule has 2 N–H and O–H groups in total. The van der Waals surface area contributed by atoms with E-state index in [4.69, 9.17) is 0 Å². The first-order valence-corrected chi connectivity index (χ1v) is 8.91. The van der Waals surface area contributed by atoms with Gasteiger partial charge in [0.05, 0.1) is 6.10 Å². The quantitative estimate of drug-likeness (QED) is 0.721. The van der Waals surface area contributed by atoms with E-state index in [-0.39, 0.29) is 17.3 Å². The molecule has 4 aliphatic rings. The Morgan fingerprint density at radius 1 is 0.952 bits per heavy atom. The molecule has 0 heterocycles. The molecule has 0 aromatic heterocycles. The maximum Gasteiger partial charge on any atom is 0.167 e. The highest BCUT2D eigenvalue weighted by Gasteiger charge is 2.59. The zero-order chi connectivity index (χ0) is 14.8. The summed E-state index contributed by atoms with van der Waals surface area (Å²) in [6.07, 6.45) is 7.62. The van der Waals surface area contributed by atoms with Crippen LogP contribution in [-0.4, -0.2) is 28.2 Å². The van der Waals surface area contributed by atoms with E-state index >= 15 is 0 Å². The zero-order valence-electron chi connectivity index (χ0n) is 13.0. The first-order chi connectivity index (χ1) is 10.0. The molecule has 3 nitrogen and oxygen atoms in total. The van der Waals surface area contributed by atoms with Crippen LogP contribution in [0.2, 0.25) is 0 Å². The standard InChI is InChI=1S/C18H28O3/c1-18-7-6-13-12-5-3-11(19)8-10(12)2-4-14(13)15(18)9-16(20)17(18)21/h10-16,19-20H,2-9H2,1H3/t10-,11+,12?,13-,14-,15+,16+,18+/m1/s1. The number of hydrogen-bond donors (Lipinski definition) is 2. The van der Waals surface area contributed by atoms with E-state index in [0.29, 0.717) is 24.2 Å². The summed E-state index contributed by atoms with van der Waals surface area (Å²) in [6, 6.07) is 0. The maximum atomic E-state index is 12.4. The Morgan fingerprint density at radius 2 is 1.71 bits per heavy atom. The number of fused-ring (bicyclic) bond motifs is 5. The van der Waals surface area contributed by atoms with Crippen molar-refractivity contribution in [3.05, 3.63) is 0 Å². The normalized spacial score (nSPS) is 56.5. The Kier molecular flexibility index (Phi) is 3.24. The maximum absolute atomic E-state index is 12.4. The van der Waals surface area contributed by atoms with Gasteiger partial charge in [0.15, 0.2) is 5.78 Å². The van der Waals surface area contributed by atoms with Crippen LogP contribution in [0.5, 0.6) is 0 Å². The molecule has 8 atom stereocenters. The summed E-state index contributed by atoms with van der Waals surface area (Å²) in [6.45, 7) is 2.11. The molecule has 0 aromatic rings. The monoisotopic (exact) mass is 292 g/mol. The molecule has 0 saturated heterocycles. The molecule has 0 bridgehead atoms. The van der Waals surface area contributed by atoms with Crippen molar-refractivity contribution in [1.29, 1.82) is 0 Å². The lowest BCUT2D eigenvalue weighted by molar-refractivity contribution is -0.137. The van der Waals surface area contributed by atoms with Gasteiger partial charge in [-0.2, -0.15) is 0 Å². The topological polar surface area (TPSA) is 57.5 Å². The third kappa shape index (κ3) is 1.96. The highest BCUT2D eigenvalue weighted by molar-refractivity contribution is 5.91. The van der Waals surface area contributed by atoms with Crippen molar-refractivity contribution < 1.29 is 15.0 Å². The van der Waals surface area contributed by atoms with Crippen LogP contribution < -0.4 is 0 Å². The summed E-state index contributed by atoms with van der Waals surface area (Å²) in [5.74, 6) is 3.39. The molecule has 4 aliphatic carbocycles. The van der Waals surface area contributed by atoms with Gasteiger partial charge >= 0.3 is 0 Å². The minimum absolute atomic E-state index is 0.0773. The van der Waals surface area contributed by atoms with Gasteiger partial charge in [-0.3, -0.25) is 4.79 Å². The van der Waals surface area contributed by atoms with Crippen LogP contribution in [0.25, 0.3) is 0 Å². The number of rotatable bonds is 0. The molecule has 0 radical (unpaired) electrons. The van der Waals surface area contributed by atoms with Crippen LogP contribution in [0.15, 0.2) is 0 Å². The highest BCUT2D eigenvalue weighted by Crippen LogP contribution is 2.61. The first-order valence-electron chi connectivity index (χ1n) is 8.91. The minimum Gasteiger partial charge on any atom is -0.393 e. The first kappa shape index (κ1) is 14.2. The predicted octanol–water partition coefficient (Wildman–Crippen LogP) is 2.54. The number of carbonyl (C=O) groups is 1. The Hall–Kier alpha value is -0.410. The van der Waals surface area contributed by atoms with Crippen molar-refractivity contribution in [2.45, 2.75) is 70.5 Å². The van der Waals surface area contributed by atoms with Gasteiger partial charge in [-0.05, 0) is 81.0 Å². The second-order valence-corrected chi connectivity index (χ2v) is 8.47. The summed E-state index contributed by atoms with van der Waals surface area (Å²) in [5.41, 5.74) is -0.248. The minimum atomic E-state index is -0.704. The van der Waals surface area contributed by atoms with Gasteiger partial charge in [-0.25, -0.2) is 0 Å². The molecular weight excluding hydrogens is 264 g/mol. The van der Waals surface area contributed by atoms with Gasteiger partial charge in [-0.15, -0.1) is 0 Å². The summed E-state index contributed by atoms with van der Waals surface area (Å²) in [5, 5.41) is 20.0. The molecule has 0 aliphatic heterocycles. The SMILES string of the molecule is C[C@]12CC[C@@H]3C4CC[C@H](O)C[C@H]4CC[C@H]3[C@@H]1C[C@H](O)C2=O. The van der Waals surface area contributed by atoms with Gasteiger partial charge in [-0.1, -0.05) is 6.92 Å². The molecule has 1 unspecified atom stereocenters. The fourth-order valence-electron chi connectivity index (χ4n) is 6.62. The lowest BCUT2D eigenvalue weighted by Crippen LogP contribution is -2.49. The molecule has 0 amide bonds. The van der Waals surface area contributed by atoms with Crippen molar-refractivity contribution in [2.75, 3.05) is 0 Å². The second kappa shape index (κ2) is 4.79. The van der Waals surface area contributed by atoms with Crippen LogP contribution in [0.3, 0.4) is 0 Å². The van der Waals surface area contributed by atoms with E-state index in [1.807, 2.05) is 0 Å². The lowest BCUT2D eigenvalue weighted by Gasteiger charge is -2.54. The molecular formula is C18H28O3. The van der Waals surface area contributed by atoms with Crippen molar-refractivity contribution in [3.63, 3.8) is 0 Å². The molecule has 118 valence electrons. The summed E-state index contributed by atoms with van der Waals surface area (Å²) in [4.78, 5) is 12.4. The Labute approximate surface area is 127 Å². The summed E-state index contributed by atoms with van der Waals surface area (Å²) < 4.78 is 0. The third-order valence-corrected chi connectivity index (χ3v) is 7.66. The van der Waals surface area contributed by atoms with E-state index in [1.165, 1.54) is 19.3 Å². The zero-order valence-corrected chi connectivity index (χ0v) is 13.0. The fourth-order valence-corrected chi connectivity index (χ4v) is 6.62. The average molecular weight is 292 g/mol. The van der Waals surface area contributed by atoms with Crippen molar-refractivity contribution >= 4 is 5.78 Å². The third-order valence-electron chi connectivity index (χ3n) is 7.66. The van der Waals surface area contributed by atoms with E-state index in [2.05, 4.69) is 6.92 Å². The second-order valence-electron chi connectivity index (χ2n) is 8.47. The molecule has 21 heavy (non-hydrogen) atoms. The Morgan fingerprint density at radius 3 is 2.52 bits per heavy atom. The molecule has 0 spiro atoms. The average Bonchev–Trinajstić information content (AvgIpc) is 2.70.